The average Bonchev–Trinajstić information content (AvgIpc) is 3.21. The smallest absolute Gasteiger partial charge is 0.222 e. The minimum absolute atomic E-state index is 0. The van der Waals surface area contributed by atoms with Crippen molar-refractivity contribution in [2.24, 2.45) is 5.73 Å². The second kappa shape index (κ2) is 8.35. The fourth-order valence-electron chi connectivity index (χ4n) is 2.33. The summed E-state index contributed by atoms with van der Waals surface area (Å²) >= 11 is 0. The van der Waals surface area contributed by atoms with Crippen molar-refractivity contribution in [1.82, 2.24) is 4.90 Å². The number of halogens is 2. The minimum Gasteiger partial charge on any atom is -0.339 e. The number of hydrogen-bond donors (Lipinski definition) is 1. The monoisotopic (exact) mass is 314 g/mol. The highest BCUT2D eigenvalue weighted by atomic mass is 35.5. The number of nitrogens with two attached hydrogens (primary N) is 1. The van der Waals surface area contributed by atoms with Gasteiger partial charge in [0.1, 0.15) is 5.82 Å². The molecule has 2 N–H and O–H groups in total. The maximum Gasteiger partial charge on any atom is 0.222 e. The van der Waals surface area contributed by atoms with Crippen LogP contribution in [0.1, 0.15) is 38.2 Å². The van der Waals surface area contributed by atoms with Gasteiger partial charge < -0.3 is 10.6 Å². The van der Waals surface area contributed by atoms with Crippen LogP contribution in [0.15, 0.2) is 24.3 Å². The molecular weight excluding hydrogens is 291 g/mol. The third-order valence-corrected chi connectivity index (χ3v) is 3.65. The molecule has 5 heteroatoms. The van der Waals surface area contributed by atoms with E-state index in [-0.39, 0.29) is 30.2 Å². The molecule has 1 unspecified atom stereocenters. The molecule has 0 aliphatic heterocycles. The van der Waals surface area contributed by atoms with Gasteiger partial charge in [0.2, 0.25) is 5.91 Å². The third kappa shape index (κ3) is 6.02. The summed E-state index contributed by atoms with van der Waals surface area (Å²) in [4.78, 5) is 14.2. The van der Waals surface area contributed by atoms with Gasteiger partial charge in [0.25, 0.3) is 0 Å². The Hall–Kier alpha value is -1.13. The molecule has 1 aliphatic carbocycles. The van der Waals surface area contributed by atoms with Gasteiger partial charge in [0.05, 0.1) is 0 Å². The van der Waals surface area contributed by atoms with Crippen LogP contribution in [-0.2, 0) is 11.2 Å². The first-order valence-electron chi connectivity index (χ1n) is 7.36. The highest BCUT2D eigenvalue weighted by Gasteiger charge is 2.31. The highest BCUT2D eigenvalue weighted by Crippen LogP contribution is 2.28. The summed E-state index contributed by atoms with van der Waals surface area (Å²) in [6, 6.07) is 7.05. The lowest BCUT2D eigenvalue weighted by Gasteiger charge is -2.23. The van der Waals surface area contributed by atoms with Crippen molar-refractivity contribution in [2.45, 2.75) is 51.1 Å². The molecule has 0 radical (unpaired) electrons. The van der Waals surface area contributed by atoms with E-state index in [1.165, 1.54) is 12.1 Å². The Morgan fingerprint density at radius 2 is 2.19 bits per heavy atom. The van der Waals surface area contributed by atoms with Gasteiger partial charge in [-0.25, -0.2) is 4.39 Å². The molecule has 118 valence electrons. The lowest BCUT2D eigenvalue weighted by Crippen LogP contribution is -2.35. The Kier molecular flexibility index (Phi) is 7.12. The van der Waals surface area contributed by atoms with Crippen molar-refractivity contribution in [1.29, 1.82) is 0 Å². The van der Waals surface area contributed by atoms with Gasteiger partial charge >= 0.3 is 0 Å². The zero-order valence-electron chi connectivity index (χ0n) is 12.4. The Bertz CT molecular complexity index is 463. The van der Waals surface area contributed by atoms with Gasteiger partial charge in [-0.05, 0) is 50.3 Å². The van der Waals surface area contributed by atoms with Crippen molar-refractivity contribution in [2.75, 3.05) is 6.54 Å². The maximum absolute atomic E-state index is 13.1. The van der Waals surface area contributed by atoms with E-state index in [2.05, 4.69) is 0 Å². The van der Waals surface area contributed by atoms with Gasteiger partial charge in [0.15, 0.2) is 0 Å². The lowest BCUT2D eigenvalue weighted by atomic mass is 10.1. The summed E-state index contributed by atoms with van der Waals surface area (Å²) in [6.45, 7) is 2.59. The molecule has 0 aromatic heterocycles. The van der Waals surface area contributed by atoms with E-state index in [0.29, 0.717) is 25.4 Å². The predicted molar refractivity (Wildman–Crippen MR) is 85.0 cm³/mol. The fourth-order valence-corrected chi connectivity index (χ4v) is 2.33. The highest BCUT2D eigenvalue weighted by molar-refractivity contribution is 5.85. The van der Waals surface area contributed by atoms with Gasteiger partial charge in [0, 0.05) is 25.0 Å². The largest absolute Gasteiger partial charge is 0.339 e. The van der Waals surface area contributed by atoms with Crippen molar-refractivity contribution in [3.63, 3.8) is 0 Å². The molecular formula is C16H24ClFN2O. The third-order valence-electron chi connectivity index (χ3n) is 3.65. The van der Waals surface area contributed by atoms with Gasteiger partial charge in [-0.2, -0.15) is 0 Å². The second-order valence-electron chi connectivity index (χ2n) is 5.71. The summed E-state index contributed by atoms with van der Waals surface area (Å²) < 4.78 is 13.1. The zero-order valence-corrected chi connectivity index (χ0v) is 13.2. The van der Waals surface area contributed by atoms with Crippen LogP contribution < -0.4 is 5.73 Å². The van der Waals surface area contributed by atoms with E-state index in [1.807, 2.05) is 17.9 Å². The van der Waals surface area contributed by atoms with Crippen LogP contribution in [0, 0.1) is 5.82 Å². The van der Waals surface area contributed by atoms with Gasteiger partial charge in [-0.1, -0.05) is 12.1 Å². The van der Waals surface area contributed by atoms with E-state index in [9.17, 15) is 9.18 Å². The minimum atomic E-state index is -0.219. The molecule has 1 amide bonds. The van der Waals surface area contributed by atoms with E-state index < -0.39 is 0 Å². The predicted octanol–water partition coefficient (Wildman–Crippen LogP) is 2.91. The van der Waals surface area contributed by atoms with E-state index in [0.717, 1.165) is 24.8 Å². The van der Waals surface area contributed by atoms with Crippen molar-refractivity contribution >= 4 is 18.3 Å². The van der Waals surface area contributed by atoms with Crippen LogP contribution >= 0.6 is 12.4 Å². The van der Waals surface area contributed by atoms with E-state index in [4.69, 9.17) is 5.73 Å². The molecule has 0 bridgehead atoms. The molecule has 0 saturated heterocycles. The van der Waals surface area contributed by atoms with Gasteiger partial charge in [-0.3, -0.25) is 4.79 Å². The quantitative estimate of drug-likeness (QED) is 0.841. The molecule has 3 nitrogen and oxygen atoms in total. The van der Waals surface area contributed by atoms with Crippen molar-refractivity contribution in [3.05, 3.63) is 35.6 Å². The van der Waals surface area contributed by atoms with Crippen LogP contribution in [0.4, 0.5) is 4.39 Å². The standard InChI is InChI=1S/C16H23FN2O.ClH/c1-12(18)5-8-16(20)19(15-6-7-15)10-9-13-3-2-4-14(17)11-13;/h2-4,11-12,15H,5-10,18H2,1H3;1H. The zero-order chi connectivity index (χ0) is 14.5. The Balaban J connectivity index is 0.00000220. The molecule has 0 spiro atoms. The summed E-state index contributed by atoms with van der Waals surface area (Å²) in [7, 11) is 0. The first-order valence-corrected chi connectivity index (χ1v) is 7.36. The number of rotatable bonds is 7. The first-order chi connectivity index (χ1) is 9.56. The Labute approximate surface area is 132 Å². The number of carbonyl (C=O) groups excluding carboxylic acids is 1. The van der Waals surface area contributed by atoms with Gasteiger partial charge in [-0.15, -0.1) is 12.4 Å². The van der Waals surface area contributed by atoms with Crippen molar-refractivity contribution in [3.8, 4) is 0 Å². The SMILES string of the molecule is CC(N)CCC(=O)N(CCc1cccc(F)c1)C1CC1.Cl. The van der Waals surface area contributed by atoms with Crippen LogP contribution in [0.5, 0.6) is 0 Å². The molecule has 1 fully saturated rings. The molecule has 1 saturated carbocycles. The first kappa shape index (κ1) is 17.9. The molecule has 1 aromatic rings. The topological polar surface area (TPSA) is 46.3 Å². The molecule has 1 aromatic carbocycles. The van der Waals surface area contributed by atoms with E-state index in [1.54, 1.807) is 6.07 Å². The molecule has 21 heavy (non-hydrogen) atoms. The molecule has 0 heterocycles. The molecule has 1 atom stereocenters. The number of amides is 1. The number of hydrogen-bond acceptors (Lipinski definition) is 2. The maximum atomic E-state index is 13.1. The average molecular weight is 315 g/mol. The summed E-state index contributed by atoms with van der Waals surface area (Å²) in [5.41, 5.74) is 6.64. The molecule has 1 aliphatic rings. The number of benzene rings is 1. The normalized spacial score (nSPS) is 15.2. The van der Waals surface area contributed by atoms with Crippen LogP contribution in [-0.4, -0.2) is 29.4 Å². The van der Waals surface area contributed by atoms with Crippen LogP contribution in [0.2, 0.25) is 0 Å². The van der Waals surface area contributed by atoms with E-state index >= 15 is 0 Å². The number of nitrogens with zero attached hydrogens (tertiary/aromatic N) is 1. The Morgan fingerprint density at radius 3 is 2.76 bits per heavy atom. The summed E-state index contributed by atoms with van der Waals surface area (Å²) in [6.07, 6.45) is 4.12. The van der Waals surface area contributed by atoms with Crippen LogP contribution in [0.3, 0.4) is 0 Å². The molecule has 2 rings (SSSR count). The lowest BCUT2D eigenvalue weighted by molar-refractivity contribution is -0.131. The number of carbonyl (C=O) groups is 1. The van der Waals surface area contributed by atoms with Crippen LogP contribution in [0.25, 0.3) is 0 Å². The van der Waals surface area contributed by atoms with Crippen molar-refractivity contribution < 1.29 is 9.18 Å². The summed E-state index contributed by atoms with van der Waals surface area (Å²) in [5, 5.41) is 0. The second-order valence-corrected chi connectivity index (χ2v) is 5.71. The summed E-state index contributed by atoms with van der Waals surface area (Å²) in [5.74, 6) is -0.0371. The Morgan fingerprint density at radius 1 is 1.48 bits per heavy atom. The fraction of sp³-hybridized carbons (Fsp3) is 0.562.